The van der Waals surface area contributed by atoms with Gasteiger partial charge in [-0.3, -0.25) is 4.98 Å². The first-order valence-corrected chi connectivity index (χ1v) is 7.59. The molecular weight excluding hydrogens is 307 g/mol. The first kappa shape index (κ1) is 16.1. The van der Waals surface area contributed by atoms with Gasteiger partial charge < -0.3 is 10.1 Å². The van der Waals surface area contributed by atoms with Gasteiger partial charge in [0.25, 0.3) is 0 Å². The maximum absolute atomic E-state index is 6.15. The number of halogens is 2. The predicted octanol–water partition coefficient (Wildman–Crippen LogP) is 4.39. The topological polar surface area (TPSA) is 34.2 Å². The van der Waals surface area contributed by atoms with Gasteiger partial charge in [-0.15, -0.1) is 0 Å². The summed E-state index contributed by atoms with van der Waals surface area (Å²) in [4.78, 5) is 4.52. The molecule has 0 aliphatic heterocycles. The number of hydrogen-bond donors (Lipinski definition) is 1. The van der Waals surface area contributed by atoms with Crippen LogP contribution in [0.2, 0.25) is 10.0 Å². The smallest absolute Gasteiger partial charge is 0.142 e. The van der Waals surface area contributed by atoms with Crippen molar-refractivity contribution in [3.63, 3.8) is 0 Å². The molecule has 112 valence electrons. The molecule has 0 fully saturated rings. The summed E-state index contributed by atoms with van der Waals surface area (Å²) in [5, 5.41) is 4.49. The molecule has 0 saturated carbocycles. The molecule has 2 rings (SSSR count). The second-order valence-corrected chi connectivity index (χ2v) is 5.55. The van der Waals surface area contributed by atoms with Crippen LogP contribution in [-0.2, 0) is 13.2 Å². The van der Waals surface area contributed by atoms with E-state index in [-0.39, 0.29) is 0 Å². The van der Waals surface area contributed by atoms with Crippen LogP contribution in [0.4, 0.5) is 0 Å². The van der Waals surface area contributed by atoms with Crippen LogP contribution in [0, 0.1) is 6.92 Å². The van der Waals surface area contributed by atoms with Crippen LogP contribution in [0.15, 0.2) is 30.3 Å². The van der Waals surface area contributed by atoms with Gasteiger partial charge in [-0.05, 0) is 37.7 Å². The van der Waals surface area contributed by atoms with Crippen LogP contribution in [0.25, 0.3) is 0 Å². The quantitative estimate of drug-likeness (QED) is 0.855. The van der Waals surface area contributed by atoms with Gasteiger partial charge in [-0.25, -0.2) is 0 Å². The zero-order valence-corrected chi connectivity index (χ0v) is 13.6. The Labute approximate surface area is 135 Å². The minimum atomic E-state index is 0.389. The molecule has 2 aromatic rings. The van der Waals surface area contributed by atoms with E-state index >= 15 is 0 Å². The molecular formula is C16H18Cl2N2O. The van der Waals surface area contributed by atoms with Gasteiger partial charge >= 0.3 is 0 Å². The summed E-state index contributed by atoms with van der Waals surface area (Å²) in [6, 6.07) is 9.27. The van der Waals surface area contributed by atoms with E-state index in [1.54, 1.807) is 12.1 Å². The Morgan fingerprint density at radius 1 is 1.19 bits per heavy atom. The summed E-state index contributed by atoms with van der Waals surface area (Å²) in [7, 11) is 0. The van der Waals surface area contributed by atoms with Crippen molar-refractivity contribution in [2.75, 3.05) is 6.54 Å². The summed E-state index contributed by atoms with van der Waals surface area (Å²) >= 11 is 12.0. The zero-order chi connectivity index (χ0) is 15.2. The molecule has 0 saturated heterocycles. The number of pyridine rings is 1. The van der Waals surface area contributed by atoms with Crippen LogP contribution >= 0.6 is 23.2 Å². The molecule has 5 heteroatoms. The third kappa shape index (κ3) is 4.60. The second kappa shape index (κ2) is 7.64. The van der Waals surface area contributed by atoms with E-state index in [2.05, 4.69) is 17.2 Å². The molecule has 0 amide bonds. The van der Waals surface area contributed by atoms with Crippen LogP contribution in [-0.4, -0.2) is 11.5 Å². The largest absolute Gasteiger partial charge is 0.487 e. The summed E-state index contributed by atoms with van der Waals surface area (Å²) in [6.45, 7) is 5.99. The Hall–Kier alpha value is -1.29. The van der Waals surface area contributed by atoms with Crippen LogP contribution < -0.4 is 10.1 Å². The Morgan fingerprint density at radius 2 is 2.00 bits per heavy atom. The molecule has 1 N–H and O–H groups in total. The highest BCUT2D eigenvalue weighted by Gasteiger charge is 2.08. The third-order valence-electron chi connectivity index (χ3n) is 3.01. The van der Waals surface area contributed by atoms with Crippen molar-refractivity contribution in [1.29, 1.82) is 0 Å². The first-order chi connectivity index (χ1) is 10.1. The molecule has 1 heterocycles. The minimum Gasteiger partial charge on any atom is -0.487 e. The van der Waals surface area contributed by atoms with Gasteiger partial charge in [0, 0.05) is 27.8 Å². The standard InChI is InChI=1S/C16H18Cl2N2O/c1-3-19-9-15-16(7-4-11(2)20-15)21-10-12-5-6-13(17)8-14(12)18/h4-8,19H,3,9-10H2,1-2H3. The molecule has 0 bridgehead atoms. The van der Waals surface area contributed by atoms with Gasteiger partial charge in [0.05, 0.1) is 5.69 Å². The number of ether oxygens (including phenoxy) is 1. The van der Waals surface area contributed by atoms with Gasteiger partial charge in [-0.2, -0.15) is 0 Å². The molecule has 0 unspecified atom stereocenters. The first-order valence-electron chi connectivity index (χ1n) is 6.84. The van der Waals surface area contributed by atoms with Crippen molar-refractivity contribution in [2.24, 2.45) is 0 Å². The highest BCUT2D eigenvalue weighted by Crippen LogP contribution is 2.24. The lowest BCUT2D eigenvalue weighted by Gasteiger charge is -2.12. The van der Waals surface area contributed by atoms with Gasteiger partial charge in [0.15, 0.2) is 0 Å². The van der Waals surface area contributed by atoms with Crippen LogP contribution in [0.3, 0.4) is 0 Å². The molecule has 0 spiro atoms. The summed E-state index contributed by atoms with van der Waals surface area (Å²) < 4.78 is 5.87. The second-order valence-electron chi connectivity index (χ2n) is 4.70. The van der Waals surface area contributed by atoms with E-state index < -0.39 is 0 Å². The van der Waals surface area contributed by atoms with Crippen molar-refractivity contribution in [3.8, 4) is 5.75 Å². The van der Waals surface area contributed by atoms with E-state index in [0.717, 1.165) is 29.2 Å². The lowest BCUT2D eigenvalue weighted by atomic mass is 10.2. The number of aromatic nitrogens is 1. The number of nitrogens with zero attached hydrogens (tertiary/aromatic N) is 1. The SMILES string of the molecule is CCNCc1nc(C)ccc1OCc1ccc(Cl)cc1Cl. The third-order valence-corrected chi connectivity index (χ3v) is 3.60. The Bertz CT molecular complexity index is 617. The molecule has 21 heavy (non-hydrogen) atoms. The Morgan fingerprint density at radius 3 is 2.71 bits per heavy atom. The van der Waals surface area contributed by atoms with E-state index in [4.69, 9.17) is 27.9 Å². The maximum atomic E-state index is 6.15. The number of benzene rings is 1. The summed E-state index contributed by atoms with van der Waals surface area (Å²) in [6.07, 6.45) is 0. The van der Waals surface area contributed by atoms with Gasteiger partial charge in [-0.1, -0.05) is 36.2 Å². The van der Waals surface area contributed by atoms with Gasteiger partial charge in [0.1, 0.15) is 12.4 Å². The van der Waals surface area contributed by atoms with E-state index in [0.29, 0.717) is 23.2 Å². The van der Waals surface area contributed by atoms with Crippen molar-refractivity contribution in [1.82, 2.24) is 10.3 Å². The fourth-order valence-electron chi connectivity index (χ4n) is 1.89. The van der Waals surface area contributed by atoms with Crippen LogP contribution in [0.1, 0.15) is 23.9 Å². The normalized spacial score (nSPS) is 10.7. The molecule has 0 atom stereocenters. The Kier molecular flexibility index (Phi) is 5.85. The lowest BCUT2D eigenvalue weighted by Crippen LogP contribution is -2.14. The van der Waals surface area contributed by atoms with Gasteiger partial charge in [0.2, 0.25) is 0 Å². The number of aryl methyl sites for hydroxylation is 1. The Balaban J connectivity index is 2.11. The fraction of sp³-hybridized carbons (Fsp3) is 0.312. The van der Waals surface area contributed by atoms with E-state index in [1.807, 2.05) is 25.1 Å². The monoisotopic (exact) mass is 324 g/mol. The predicted molar refractivity (Wildman–Crippen MR) is 87.1 cm³/mol. The highest BCUT2D eigenvalue weighted by molar-refractivity contribution is 6.35. The molecule has 0 aliphatic carbocycles. The van der Waals surface area contributed by atoms with E-state index in [1.165, 1.54) is 0 Å². The van der Waals surface area contributed by atoms with Crippen molar-refractivity contribution < 1.29 is 4.74 Å². The van der Waals surface area contributed by atoms with Crippen molar-refractivity contribution >= 4 is 23.2 Å². The average Bonchev–Trinajstić information content (AvgIpc) is 2.45. The summed E-state index contributed by atoms with van der Waals surface area (Å²) in [5.41, 5.74) is 2.78. The fourth-order valence-corrected chi connectivity index (χ4v) is 2.36. The number of rotatable bonds is 6. The minimum absolute atomic E-state index is 0.389. The molecule has 0 radical (unpaired) electrons. The molecule has 0 aliphatic rings. The lowest BCUT2D eigenvalue weighted by molar-refractivity contribution is 0.300. The summed E-state index contributed by atoms with van der Waals surface area (Å²) in [5.74, 6) is 0.771. The molecule has 1 aromatic heterocycles. The molecule has 3 nitrogen and oxygen atoms in total. The average molecular weight is 325 g/mol. The number of hydrogen-bond acceptors (Lipinski definition) is 3. The molecule has 1 aromatic carbocycles. The highest BCUT2D eigenvalue weighted by atomic mass is 35.5. The number of nitrogens with one attached hydrogen (secondary N) is 1. The zero-order valence-electron chi connectivity index (χ0n) is 12.1. The van der Waals surface area contributed by atoms with E-state index in [9.17, 15) is 0 Å². The van der Waals surface area contributed by atoms with Crippen LogP contribution in [0.5, 0.6) is 5.75 Å². The van der Waals surface area contributed by atoms with Crippen molar-refractivity contribution in [3.05, 3.63) is 57.3 Å². The maximum Gasteiger partial charge on any atom is 0.142 e. The van der Waals surface area contributed by atoms with Crippen molar-refractivity contribution in [2.45, 2.75) is 27.0 Å².